The SMILES string of the molecule is [Mo].[O-2].[O-2].[O-2].[Si]. The molecular formula is MoO3Si-6. The van der Waals surface area contributed by atoms with Crippen LogP contribution in [-0.4, -0.2) is 11.0 Å². The number of hydrogen-bond donors (Lipinski definition) is 0. The summed E-state index contributed by atoms with van der Waals surface area (Å²) in [7, 11) is 0. The van der Waals surface area contributed by atoms with E-state index in [0.717, 1.165) is 0 Å². The van der Waals surface area contributed by atoms with Gasteiger partial charge in [0.2, 0.25) is 0 Å². The molecule has 0 heterocycles. The third-order valence-electron chi connectivity index (χ3n) is 0. The first kappa shape index (κ1) is 215. The molecule has 0 aromatic heterocycles. The molecule has 4 radical (unpaired) electrons. The van der Waals surface area contributed by atoms with Gasteiger partial charge in [0, 0.05) is 32.0 Å². The third kappa shape index (κ3) is 60.2. The van der Waals surface area contributed by atoms with E-state index in [4.69, 9.17) is 0 Å². The number of hydrogen-bond acceptors (Lipinski definition) is 0. The van der Waals surface area contributed by atoms with Gasteiger partial charge < -0.3 is 16.4 Å². The number of rotatable bonds is 0. The Hall–Kier alpha value is 0.785. The van der Waals surface area contributed by atoms with Crippen LogP contribution in [0, 0.1) is 0 Å². The molecule has 34 valence electrons. The van der Waals surface area contributed by atoms with E-state index >= 15 is 0 Å². The molecule has 5 heavy (non-hydrogen) atoms. The van der Waals surface area contributed by atoms with Gasteiger partial charge in [-0.05, 0) is 0 Å². The van der Waals surface area contributed by atoms with E-state index in [0.29, 0.717) is 0 Å². The van der Waals surface area contributed by atoms with Crippen LogP contribution in [-0.2, 0) is 37.5 Å². The Bertz CT molecular complexity index is 6.85. The molecule has 0 fully saturated rings. The Balaban J connectivity index is 0. The van der Waals surface area contributed by atoms with Crippen LogP contribution in [0.4, 0.5) is 0 Å². The van der Waals surface area contributed by atoms with Crippen molar-refractivity contribution in [3.05, 3.63) is 0 Å². The second-order valence-corrected chi connectivity index (χ2v) is 0. The molecule has 5 heteroatoms. The Morgan fingerprint density at radius 2 is 0.600 bits per heavy atom. The van der Waals surface area contributed by atoms with Gasteiger partial charge in [0.25, 0.3) is 0 Å². The summed E-state index contributed by atoms with van der Waals surface area (Å²) < 4.78 is 0. The predicted octanol–water partition coefficient (Wildman–Crippen LogP) is -0.740. The molecule has 0 aliphatic rings. The molecule has 0 saturated carbocycles. The molecule has 0 unspecified atom stereocenters. The van der Waals surface area contributed by atoms with Crippen LogP contribution in [0.3, 0.4) is 0 Å². The summed E-state index contributed by atoms with van der Waals surface area (Å²) in [6.45, 7) is 0. The van der Waals surface area contributed by atoms with Gasteiger partial charge in [0.05, 0.1) is 0 Å². The molecule has 0 rings (SSSR count). The minimum atomic E-state index is 0. The molecule has 3 nitrogen and oxygen atoms in total. The summed E-state index contributed by atoms with van der Waals surface area (Å²) in [4.78, 5) is 0. The Morgan fingerprint density at radius 1 is 0.600 bits per heavy atom. The fourth-order valence-corrected chi connectivity index (χ4v) is 0. The van der Waals surface area contributed by atoms with Gasteiger partial charge in [0.15, 0.2) is 0 Å². The van der Waals surface area contributed by atoms with Crippen LogP contribution in [0.25, 0.3) is 0 Å². The summed E-state index contributed by atoms with van der Waals surface area (Å²) in [6.07, 6.45) is 0. The topological polar surface area (TPSA) is 85.5 Å². The van der Waals surface area contributed by atoms with Crippen LogP contribution in [0.2, 0.25) is 0 Å². The zero-order chi connectivity index (χ0) is 0. The quantitative estimate of drug-likeness (QED) is 0.431. The molecule has 0 saturated heterocycles. The Morgan fingerprint density at radius 3 is 0.600 bits per heavy atom. The fraction of sp³-hybridized carbons (Fsp3) is 0. The Labute approximate surface area is 49.0 Å². The minimum Gasteiger partial charge on any atom is -2.00 e. The van der Waals surface area contributed by atoms with Gasteiger partial charge in [-0.1, -0.05) is 0 Å². The van der Waals surface area contributed by atoms with Crippen molar-refractivity contribution in [2.75, 3.05) is 0 Å². The molecule has 0 aromatic carbocycles. The van der Waals surface area contributed by atoms with Crippen molar-refractivity contribution in [3.63, 3.8) is 0 Å². The van der Waals surface area contributed by atoms with Gasteiger partial charge in [-0.2, -0.15) is 0 Å². The van der Waals surface area contributed by atoms with Crippen LogP contribution in [0.15, 0.2) is 0 Å². The summed E-state index contributed by atoms with van der Waals surface area (Å²) in [6, 6.07) is 0. The molecule has 0 amide bonds. The summed E-state index contributed by atoms with van der Waals surface area (Å²) in [5.41, 5.74) is 0. The van der Waals surface area contributed by atoms with Crippen molar-refractivity contribution < 1.29 is 37.5 Å². The molecule has 0 spiro atoms. The largest absolute Gasteiger partial charge is 2.00 e. The minimum absolute atomic E-state index is 0. The van der Waals surface area contributed by atoms with Crippen LogP contribution in [0.5, 0.6) is 0 Å². The maximum atomic E-state index is 0. The van der Waals surface area contributed by atoms with Crippen molar-refractivity contribution >= 4 is 11.0 Å². The zero-order valence-corrected chi connectivity index (χ0v) is 5.14. The first-order chi connectivity index (χ1) is 0. The molecule has 0 aromatic rings. The third-order valence-corrected chi connectivity index (χ3v) is 0. The van der Waals surface area contributed by atoms with E-state index < -0.39 is 0 Å². The maximum Gasteiger partial charge on any atom is 0 e. The second kappa shape index (κ2) is 111. The van der Waals surface area contributed by atoms with E-state index in [2.05, 4.69) is 0 Å². The maximum absolute atomic E-state index is 0. The Kier molecular flexibility index (Phi) is 4780. The van der Waals surface area contributed by atoms with Crippen molar-refractivity contribution in [2.24, 2.45) is 0 Å². The smallest absolute Gasteiger partial charge is 0 e. The van der Waals surface area contributed by atoms with E-state index in [1.165, 1.54) is 0 Å². The standard InChI is InChI=1S/Mo.3O.Si/q;3*-2;. The van der Waals surface area contributed by atoms with E-state index in [1.54, 1.807) is 0 Å². The molecule has 0 aliphatic carbocycles. The van der Waals surface area contributed by atoms with Gasteiger partial charge >= 0.3 is 0 Å². The molecular weight excluding hydrogens is 172 g/mol. The molecule has 0 atom stereocenters. The summed E-state index contributed by atoms with van der Waals surface area (Å²) in [5, 5.41) is 0. The normalized spacial score (nSPS) is 0. The molecule has 0 N–H and O–H groups in total. The van der Waals surface area contributed by atoms with E-state index in [-0.39, 0.29) is 48.5 Å². The van der Waals surface area contributed by atoms with Crippen molar-refractivity contribution in [1.82, 2.24) is 0 Å². The van der Waals surface area contributed by atoms with Crippen LogP contribution < -0.4 is 0 Å². The summed E-state index contributed by atoms with van der Waals surface area (Å²) >= 11 is 0. The first-order valence-corrected chi connectivity index (χ1v) is 0. The zero-order valence-electron chi connectivity index (χ0n) is 2.13. The van der Waals surface area contributed by atoms with Gasteiger partial charge in [-0.3, -0.25) is 0 Å². The molecule has 0 aliphatic heterocycles. The van der Waals surface area contributed by atoms with Crippen LogP contribution >= 0.6 is 0 Å². The van der Waals surface area contributed by atoms with Crippen molar-refractivity contribution in [3.8, 4) is 0 Å². The predicted molar refractivity (Wildman–Crippen MR) is 7.81 cm³/mol. The van der Waals surface area contributed by atoms with Gasteiger partial charge in [-0.25, -0.2) is 0 Å². The average molecular weight is 172 g/mol. The monoisotopic (exact) mass is 174 g/mol. The first-order valence-electron chi connectivity index (χ1n) is 0. The van der Waals surface area contributed by atoms with E-state index in [9.17, 15) is 0 Å². The summed E-state index contributed by atoms with van der Waals surface area (Å²) in [5.74, 6) is 0. The molecule has 0 bridgehead atoms. The fourth-order valence-electron chi connectivity index (χ4n) is 0. The van der Waals surface area contributed by atoms with Gasteiger partial charge in [-0.15, -0.1) is 0 Å². The van der Waals surface area contributed by atoms with Gasteiger partial charge in [0.1, 0.15) is 0 Å². The van der Waals surface area contributed by atoms with E-state index in [1.807, 2.05) is 0 Å². The average Bonchev–Trinajstić information content (AvgIpc) is 0. The van der Waals surface area contributed by atoms with Crippen molar-refractivity contribution in [2.45, 2.75) is 0 Å². The van der Waals surface area contributed by atoms with Crippen LogP contribution in [0.1, 0.15) is 0 Å². The second-order valence-electron chi connectivity index (χ2n) is 0. The van der Waals surface area contributed by atoms with Crippen molar-refractivity contribution in [1.29, 1.82) is 0 Å².